The number of nitrogens with zero attached hydrogens (tertiary/aromatic N) is 2. The summed E-state index contributed by atoms with van der Waals surface area (Å²) in [5.41, 5.74) is 0.850. The van der Waals surface area contributed by atoms with Gasteiger partial charge < -0.3 is 14.7 Å². The number of halogens is 1. The second kappa shape index (κ2) is 5.12. The maximum atomic E-state index is 9.32. The summed E-state index contributed by atoms with van der Waals surface area (Å²) in [4.78, 5) is 6.53. The van der Waals surface area contributed by atoms with Gasteiger partial charge in [0.15, 0.2) is 0 Å². The Balaban J connectivity index is 2.24. The molecule has 1 aliphatic heterocycles. The van der Waals surface area contributed by atoms with E-state index in [9.17, 15) is 5.11 Å². The molecule has 5 heteroatoms. The average Bonchev–Trinajstić information content (AvgIpc) is 2.28. The lowest BCUT2D eigenvalue weighted by Gasteiger charge is -2.33. The number of ether oxygens (including phenoxy) is 1. The smallest absolute Gasteiger partial charge is 0.134 e. The van der Waals surface area contributed by atoms with Crippen LogP contribution in [0, 0.1) is 0 Å². The first kappa shape index (κ1) is 11.8. The van der Waals surface area contributed by atoms with Crippen molar-refractivity contribution in [3.8, 4) is 0 Å². The number of aromatic nitrogens is 1. The van der Waals surface area contributed by atoms with Crippen LogP contribution in [0.25, 0.3) is 0 Å². The predicted octanol–water partition coefficient (Wildman–Crippen LogP) is 1.56. The lowest BCUT2D eigenvalue weighted by Crippen LogP contribution is -2.42. The third-order valence-corrected chi connectivity index (χ3v) is 3.05. The van der Waals surface area contributed by atoms with E-state index in [1.165, 1.54) is 0 Å². The van der Waals surface area contributed by atoms with Crippen LogP contribution in [0.5, 0.6) is 0 Å². The van der Waals surface area contributed by atoms with E-state index in [0.717, 1.165) is 28.9 Å². The van der Waals surface area contributed by atoms with Crippen LogP contribution in [0.4, 0.5) is 5.82 Å². The third kappa shape index (κ3) is 2.53. The molecule has 4 nitrogen and oxygen atoms in total. The van der Waals surface area contributed by atoms with Crippen LogP contribution in [-0.4, -0.2) is 35.9 Å². The third-order valence-electron chi connectivity index (χ3n) is 2.62. The van der Waals surface area contributed by atoms with Crippen LogP contribution < -0.4 is 4.90 Å². The summed E-state index contributed by atoms with van der Waals surface area (Å²) in [6.45, 7) is 4.41. The zero-order valence-corrected chi connectivity index (χ0v) is 10.8. The van der Waals surface area contributed by atoms with Crippen LogP contribution in [-0.2, 0) is 11.3 Å². The molecule has 1 aromatic rings. The number of rotatable bonds is 2. The second-order valence-corrected chi connectivity index (χ2v) is 4.84. The molecule has 0 spiro atoms. The Kier molecular flexibility index (Phi) is 3.78. The molecule has 0 bridgehead atoms. The first-order valence-corrected chi connectivity index (χ1v) is 6.12. The summed E-state index contributed by atoms with van der Waals surface area (Å²) in [5, 5.41) is 9.32. The molecular weight excluding hydrogens is 272 g/mol. The number of morpholine rings is 1. The standard InChI is InChI=1S/C11H15BrN2O2/c1-8-6-14(2-3-16-8)11-9(7-15)4-10(12)5-13-11/h4-5,8,15H,2-3,6-7H2,1H3. The van der Waals surface area contributed by atoms with Crippen molar-refractivity contribution in [2.24, 2.45) is 0 Å². The van der Waals surface area contributed by atoms with Gasteiger partial charge in [-0.3, -0.25) is 0 Å². The van der Waals surface area contributed by atoms with Crippen molar-refractivity contribution in [1.29, 1.82) is 0 Å². The molecular formula is C11H15BrN2O2. The van der Waals surface area contributed by atoms with Crippen LogP contribution in [0.2, 0.25) is 0 Å². The molecule has 1 aliphatic rings. The molecule has 2 rings (SSSR count). The van der Waals surface area contributed by atoms with Gasteiger partial charge >= 0.3 is 0 Å². The van der Waals surface area contributed by atoms with Crippen molar-refractivity contribution in [2.75, 3.05) is 24.6 Å². The van der Waals surface area contributed by atoms with Gasteiger partial charge in [-0.25, -0.2) is 4.98 Å². The first-order valence-electron chi connectivity index (χ1n) is 5.32. The zero-order valence-electron chi connectivity index (χ0n) is 9.19. The Labute approximate surface area is 103 Å². The molecule has 1 aromatic heterocycles. The molecule has 1 unspecified atom stereocenters. The molecule has 1 N–H and O–H groups in total. The average molecular weight is 287 g/mol. The fraction of sp³-hybridized carbons (Fsp3) is 0.545. The molecule has 2 heterocycles. The number of hydrogen-bond acceptors (Lipinski definition) is 4. The number of aliphatic hydroxyl groups excluding tert-OH is 1. The van der Waals surface area contributed by atoms with Gasteiger partial charge in [0.1, 0.15) is 5.82 Å². The second-order valence-electron chi connectivity index (χ2n) is 3.92. The molecule has 1 saturated heterocycles. The van der Waals surface area contributed by atoms with Crippen LogP contribution in [0.15, 0.2) is 16.7 Å². The SMILES string of the molecule is CC1CN(c2ncc(Br)cc2CO)CCO1. The zero-order chi connectivity index (χ0) is 11.5. The van der Waals surface area contributed by atoms with Gasteiger partial charge in [-0.15, -0.1) is 0 Å². The Morgan fingerprint density at radius 1 is 1.69 bits per heavy atom. The van der Waals surface area contributed by atoms with Gasteiger partial charge in [-0.2, -0.15) is 0 Å². The maximum absolute atomic E-state index is 9.32. The van der Waals surface area contributed by atoms with Crippen molar-refractivity contribution >= 4 is 21.7 Å². The molecule has 1 fully saturated rings. The molecule has 0 aliphatic carbocycles. The molecule has 0 saturated carbocycles. The largest absolute Gasteiger partial charge is 0.392 e. The van der Waals surface area contributed by atoms with Gasteiger partial charge in [0.2, 0.25) is 0 Å². The Hall–Kier alpha value is -0.650. The van der Waals surface area contributed by atoms with Gasteiger partial charge in [-0.1, -0.05) is 0 Å². The van der Waals surface area contributed by atoms with E-state index < -0.39 is 0 Å². The van der Waals surface area contributed by atoms with Gasteiger partial charge in [0, 0.05) is 29.3 Å². The van der Waals surface area contributed by atoms with Crippen molar-refractivity contribution in [3.63, 3.8) is 0 Å². The Morgan fingerprint density at radius 2 is 2.50 bits per heavy atom. The molecule has 1 atom stereocenters. The molecule has 0 radical (unpaired) electrons. The quantitative estimate of drug-likeness (QED) is 0.896. The Morgan fingerprint density at radius 3 is 3.19 bits per heavy atom. The van der Waals surface area contributed by atoms with Crippen molar-refractivity contribution in [3.05, 3.63) is 22.3 Å². The van der Waals surface area contributed by atoms with E-state index in [0.29, 0.717) is 6.61 Å². The van der Waals surface area contributed by atoms with E-state index in [2.05, 4.69) is 25.8 Å². The predicted molar refractivity (Wildman–Crippen MR) is 65.5 cm³/mol. The summed E-state index contributed by atoms with van der Waals surface area (Å²) in [7, 11) is 0. The monoisotopic (exact) mass is 286 g/mol. The fourth-order valence-corrected chi connectivity index (χ4v) is 2.26. The minimum atomic E-state index is 0.00745. The number of hydrogen-bond donors (Lipinski definition) is 1. The van der Waals surface area contributed by atoms with E-state index in [1.54, 1.807) is 6.20 Å². The highest BCUT2D eigenvalue weighted by Gasteiger charge is 2.20. The minimum absolute atomic E-state index is 0.00745. The van der Waals surface area contributed by atoms with Crippen molar-refractivity contribution in [1.82, 2.24) is 4.98 Å². The highest BCUT2D eigenvalue weighted by Crippen LogP contribution is 2.23. The summed E-state index contributed by atoms with van der Waals surface area (Å²) < 4.78 is 6.38. The van der Waals surface area contributed by atoms with E-state index in [4.69, 9.17) is 4.74 Å². The summed E-state index contributed by atoms with van der Waals surface area (Å²) in [6, 6.07) is 1.91. The summed E-state index contributed by atoms with van der Waals surface area (Å²) in [6.07, 6.45) is 1.97. The minimum Gasteiger partial charge on any atom is -0.392 e. The molecule has 16 heavy (non-hydrogen) atoms. The highest BCUT2D eigenvalue weighted by atomic mass is 79.9. The van der Waals surface area contributed by atoms with Crippen LogP contribution >= 0.6 is 15.9 Å². The lowest BCUT2D eigenvalue weighted by atomic mass is 10.2. The van der Waals surface area contributed by atoms with Crippen LogP contribution in [0.1, 0.15) is 12.5 Å². The molecule has 0 aromatic carbocycles. The van der Waals surface area contributed by atoms with Crippen molar-refractivity contribution < 1.29 is 9.84 Å². The van der Waals surface area contributed by atoms with E-state index >= 15 is 0 Å². The number of pyridine rings is 1. The van der Waals surface area contributed by atoms with Crippen LogP contribution in [0.3, 0.4) is 0 Å². The topological polar surface area (TPSA) is 45.6 Å². The molecule has 88 valence electrons. The summed E-state index contributed by atoms with van der Waals surface area (Å²) in [5.74, 6) is 0.862. The summed E-state index contributed by atoms with van der Waals surface area (Å²) >= 11 is 3.36. The lowest BCUT2D eigenvalue weighted by molar-refractivity contribution is 0.0528. The van der Waals surface area contributed by atoms with Gasteiger partial charge in [0.05, 0.1) is 19.3 Å². The number of aliphatic hydroxyl groups is 1. The normalized spacial score (nSPS) is 21.2. The van der Waals surface area contributed by atoms with Crippen molar-refractivity contribution in [2.45, 2.75) is 19.6 Å². The molecule has 0 amide bonds. The maximum Gasteiger partial charge on any atom is 0.134 e. The van der Waals surface area contributed by atoms with E-state index in [-0.39, 0.29) is 12.7 Å². The number of anilines is 1. The van der Waals surface area contributed by atoms with E-state index in [1.807, 2.05) is 13.0 Å². The highest BCUT2D eigenvalue weighted by molar-refractivity contribution is 9.10. The fourth-order valence-electron chi connectivity index (χ4n) is 1.89. The van der Waals surface area contributed by atoms with Gasteiger partial charge in [0.25, 0.3) is 0 Å². The first-order chi connectivity index (χ1) is 7.70. The van der Waals surface area contributed by atoms with Gasteiger partial charge in [-0.05, 0) is 28.9 Å². The Bertz CT molecular complexity index is 373.